The fourth-order valence-electron chi connectivity index (χ4n) is 4.36. The number of unbranched alkanes of at least 4 members (excludes halogenated alkanes) is 12. The van der Waals surface area contributed by atoms with E-state index in [4.69, 9.17) is 9.47 Å². The molecular weight excluding hydrogens is 536 g/mol. The van der Waals surface area contributed by atoms with Crippen molar-refractivity contribution in [1.29, 1.82) is 0 Å². The van der Waals surface area contributed by atoms with Crippen molar-refractivity contribution in [2.45, 2.75) is 155 Å². The summed E-state index contributed by atoms with van der Waals surface area (Å²) in [4.78, 5) is 24.1. The summed E-state index contributed by atoms with van der Waals surface area (Å²) in [5.41, 5.74) is 0. The van der Waals surface area contributed by atoms with Crippen LogP contribution in [-0.4, -0.2) is 36.4 Å². The van der Waals surface area contributed by atoms with Crippen LogP contribution in [0.4, 0.5) is 0 Å². The number of allylic oxidation sites excluding steroid dienone is 10. The molecule has 0 aromatic heterocycles. The Balaban J connectivity index is 3.73. The molecule has 0 saturated heterocycles. The number of aliphatic hydroxyl groups excluding tert-OH is 1. The van der Waals surface area contributed by atoms with Gasteiger partial charge in [0.05, 0.1) is 6.61 Å². The predicted molar refractivity (Wildman–Crippen MR) is 182 cm³/mol. The zero-order valence-electron chi connectivity index (χ0n) is 27.7. The first-order valence-corrected chi connectivity index (χ1v) is 17.3. The molecule has 5 heteroatoms. The van der Waals surface area contributed by atoms with Crippen LogP contribution in [0.15, 0.2) is 60.8 Å². The first kappa shape index (κ1) is 40.6. The summed E-state index contributed by atoms with van der Waals surface area (Å²) in [6.45, 7) is 4.00. The van der Waals surface area contributed by atoms with Gasteiger partial charge in [-0.25, -0.2) is 0 Å². The van der Waals surface area contributed by atoms with Gasteiger partial charge >= 0.3 is 11.9 Å². The van der Waals surface area contributed by atoms with E-state index in [1.165, 1.54) is 64.2 Å². The lowest BCUT2D eigenvalue weighted by Crippen LogP contribution is -2.28. The van der Waals surface area contributed by atoms with Crippen LogP contribution in [0.25, 0.3) is 0 Å². The molecule has 0 heterocycles. The molecule has 0 spiro atoms. The molecule has 1 atom stereocenters. The molecule has 0 radical (unpaired) electrons. The third-order valence-corrected chi connectivity index (χ3v) is 7.03. The van der Waals surface area contributed by atoms with Gasteiger partial charge in [0.15, 0.2) is 6.10 Å². The van der Waals surface area contributed by atoms with Gasteiger partial charge in [-0.1, -0.05) is 120 Å². The molecular formula is C38H64O5. The standard InChI is InChI=1S/C38H64O5/c1-3-5-7-9-11-13-15-17-18-19-20-21-23-25-27-29-31-33-38(41)43-36(34-39)35-42-37(40)32-30-28-26-24-22-16-14-12-10-8-6-4-2/h11-14,17-18,20-21,25,27,36,39H,3-10,15-16,19,22-24,26,28-35H2,1-2H3/b13-11-,14-12-,18-17-,21-20-,27-25-/t36-/m0/s1. The maximum Gasteiger partial charge on any atom is 0.306 e. The Morgan fingerprint density at radius 2 is 0.953 bits per heavy atom. The lowest BCUT2D eigenvalue weighted by molar-refractivity contribution is -0.161. The topological polar surface area (TPSA) is 72.8 Å². The molecule has 43 heavy (non-hydrogen) atoms. The SMILES string of the molecule is CCCCC/C=C\C/C=C\C/C=C\C/C=C\CCCC(=O)O[C@@H](CO)COC(=O)CCCCCCC/C=C\CCCCC. The summed E-state index contributed by atoms with van der Waals surface area (Å²) in [7, 11) is 0. The second-order valence-corrected chi connectivity index (χ2v) is 11.2. The van der Waals surface area contributed by atoms with Gasteiger partial charge in [-0.15, -0.1) is 0 Å². The maximum absolute atomic E-state index is 12.1. The van der Waals surface area contributed by atoms with E-state index in [0.717, 1.165) is 51.4 Å². The number of hydrogen-bond acceptors (Lipinski definition) is 5. The van der Waals surface area contributed by atoms with E-state index in [2.05, 4.69) is 74.6 Å². The van der Waals surface area contributed by atoms with Crippen molar-refractivity contribution in [3.05, 3.63) is 60.8 Å². The molecule has 0 aliphatic carbocycles. The van der Waals surface area contributed by atoms with Crippen molar-refractivity contribution in [3.63, 3.8) is 0 Å². The largest absolute Gasteiger partial charge is 0.462 e. The van der Waals surface area contributed by atoms with Crippen LogP contribution in [0.1, 0.15) is 149 Å². The number of carbonyl (C=O) groups excluding carboxylic acids is 2. The summed E-state index contributed by atoms with van der Waals surface area (Å²) in [6, 6.07) is 0. The fraction of sp³-hybridized carbons (Fsp3) is 0.684. The molecule has 0 aliphatic heterocycles. The number of rotatable bonds is 30. The molecule has 0 saturated carbocycles. The van der Waals surface area contributed by atoms with Crippen molar-refractivity contribution < 1.29 is 24.2 Å². The van der Waals surface area contributed by atoms with Gasteiger partial charge in [-0.3, -0.25) is 9.59 Å². The number of hydrogen-bond donors (Lipinski definition) is 1. The first-order chi connectivity index (χ1) is 21.1. The van der Waals surface area contributed by atoms with Crippen molar-refractivity contribution in [2.24, 2.45) is 0 Å². The van der Waals surface area contributed by atoms with Gasteiger partial charge in [-0.05, 0) is 77.0 Å². The molecule has 1 N–H and O–H groups in total. The molecule has 0 aliphatic rings. The summed E-state index contributed by atoms with van der Waals surface area (Å²) in [5.74, 6) is -0.674. The van der Waals surface area contributed by atoms with Crippen LogP contribution >= 0.6 is 0 Å². The number of ether oxygens (including phenoxy) is 2. The molecule has 5 nitrogen and oxygen atoms in total. The third-order valence-electron chi connectivity index (χ3n) is 7.03. The average Bonchev–Trinajstić information content (AvgIpc) is 3.01. The van der Waals surface area contributed by atoms with Crippen LogP contribution in [0.5, 0.6) is 0 Å². The van der Waals surface area contributed by atoms with E-state index >= 15 is 0 Å². The van der Waals surface area contributed by atoms with E-state index in [-0.39, 0.29) is 31.6 Å². The highest BCUT2D eigenvalue weighted by Gasteiger charge is 2.15. The molecule has 0 fully saturated rings. The highest BCUT2D eigenvalue weighted by Crippen LogP contribution is 2.10. The van der Waals surface area contributed by atoms with Gasteiger partial charge in [0.2, 0.25) is 0 Å². The summed E-state index contributed by atoms with van der Waals surface area (Å²) in [5, 5.41) is 9.50. The Morgan fingerprint density at radius 3 is 1.49 bits per heavy atom. The molecule has 0 aromatic rings. The van der Waals surface area contributed by atoms with Crippen LogP contribution in [0.2, 0.25) is 0 Å². The average molecular weight is 601 g/mol. The molecule has 0 aromatic carbocycles. The fourth-order valence-corrected chi connectivity index (χ4v) is 4.36. The van der Waals surface area contributed by atoms with Gasteiger partial charge in [-0.2, -0.15) is 0 Å². The molecule has 0 amide bonds. The number of esters is 2. The van der Waals surface area contributed by atoms with Gasteiger partial charge in [0, 0.05) is 12.8 Å². The van der Waals surface area contributed by atoms with Gasteiger partial charge in [0.1, 0.15) is 6.61 Å². The quantitative estimate of drug-likeness (QED) is 0.0504. The van der Waals surface area contributed by atoms with E-state index in [1.807, 2.05) is 0 Å². The number of aliphatic hydroxyl groups is 1. The third kappa shape index (κ3) is 32.4. The highest BCUT2D eigenvalue weighted by molar-refractivity contribution is 5.70. The second-order valence-electron chi connectivity index (χ2n) is 11.2. The minimum Gasteiger partial charge on any atom is -0.462 e. The van der Waals surface area contributed by atoms with Crippen molar-refractivity contribution in [1.82, 2.24) is 0 Å². The van der Waals surface area contributed by atoms with E-state index in [9.17, 15) is 14.7 Å². The molecule has 0 bridgehead atoms. The lowest BCUT2D eigenvalue weighted by atomic mass is 10.1. The summed E-state index contributed by atoms with van der Waals surface area (Å²) < 4.78 is 10.5. The number of carbonyl (C=O) groups is 2. The van der Waals surface area contributed by atoms with Crippen molar-refractivity contribution >= 4 is 11.9 Å². The predicted octanol–water partition coefficient (Wildman–Crippen LogP) is 10.4. The highest BCUT2D eigenvalue weighted by atomic mass is 16.6. The van der Waals surface area contributed by atoms with Crippen molar-refractivity contribution in [3.8, 4) is 0 Å². The Labute approximate surface area is 264 Å². The van der Waals surface area contributed by atoms with Crippen LogP contribution in [-0.2, 0) is 19.1 Å². The molecule has 0 unspecified atom stereocenters. The Bertz CT molecular complexity index is 777. The maximum atomic E-state index is 12.1. The van der Waals surface area contributed by atoms with Gasteiger partial charge in [0.25, 0.3) is 0 Å². The summed E-state index contributed by atoms with van der Waals surface area (Å²) in [6.07, 6.45) is 42.7. The zero-order chi connectivity index (χ0) is 31.5. The molecule has 246 valence electrons. The zero-order valence-corrected chi connectivity index (χ0v) is 27.7. The van der Waals surface area contributed by atoms with E-state index in [1.54, 1.807) is 0 Å². The van der Waals surface area contributed by atoms with Gasteiger partial charge < -0.3 is 14.6 Å². The van der Waals surface area contributed by atoms with Crippen LogP contribution < -0.4 is 0 Å². The Hall–Kier alpha value is -2.40. The minimum atomic E-state index is -0.803. The smallest absolute Gasteiger partial charge is 0.306 e. The molecule has 0 rings (SSSR count). The van der Waals surface area contributed by atoms with Crippen LogP contribution in [0, 0.1) is 0 Å². The van der Waals surface area contributed by atoms with E-state index in [0.29, 0.717) is 12.8 Å². The van der Waals surface area contributed by atoms with Crippen LogP contribution in [0.3, 0.4) is 0 Å². The normalized spacial score (nSPS) is 12.9. The summed E-state index contributed by atoms with van der Waals surface area (Å²) >= 11 is 0. The second kappa shape index (κ2) is 34.1. The lowest BCUT2D eigenvalue weighted by Gasteiger charge is -2.15. The Morgan fingerprint density at radius 1 is 0.535 bits per heavy atom. The van der Waals surface area contributed by atoms with Crippen molar-refractivity contribution in [2.75, 3.05) is 13.2 Å². The Kier molecular flexibility index (Phi) is 32.2. The minimum absolute atomic E-state index is 0.0944. The van der Waals surface area contributed by atoms with E-state index < -0.39 is 6.10 Å². The monoisotopic (exact) mass is 600 g/mol. The first-order valence-electron chi connectivity index (χ1n) is 17.3.